The minimum Gasteiger partial charge on any atom is -0.318 e. The number of aliphatic imine (C=N–C) groups is 1. The van der Waals surface area contributed by atoms with Crippen molar-refractivity contribution in [3.63, 3.8) is 0 Å². The summed E-state index contributed by atoms with van der Waals surface area (Å²) in [6.07, 6.45) is 1.85. The first-order valence-corrected chi connectivity index (χ1v) is 5.29. The monoisotopic (exact) mass is 200 g/mol. The molecule has 0 aromatic carbocycles. The Morgan fingerprint density at radius 3 is 2.57 bits per heavy atom. The molecule has 0 bridgehead atoms. The largest absolute Gasteiger partial charge is 0.318 e. The summed E-state index contributed by atoms with van der Waals surface area (Å²) in [4.78, 5) is 6.44. The van der Waals surface area contributed by atoms with Crippen molar-refractivity contribution >= 4 is 6.21 Å². The molecule has 0 aliphatic heterocycles. The highest BCUT2D eigenvalue weighted by Crippen LogP contribution is 1.78. The lowest BCUT2D eigenvalue weighted by atomic mass is 10.5. The quantitative estimate of drug-likeness (QED) is 0.400. The van der Waals surface area contributed by atoms with Gasteiger partial charge in [-0.3, -0.25) is 4.99 Å². The fourth-order valence-corrected chi connectivity index (χ4v) is 1.08. The molecule has 0 aliphatic rings. The van der Waals surface area contributed by atoms with Crippen molar-refractivity contribution in [2.24, 2.45) is 4.99 Å². The van der Waals surface area contributed by atoms with Gasteiger partial charge in [-0.05, 0) is 27.2 Å². The van der Waals surface area contributed by atoms with Crippen LogP contribution in [0.1, 0.15) is 6.92 Å². The van der Waals surface area contributed by atoms with Gasteiger partial charge in [0.1, 0.15) is 0 Å². The summed E-state index contributed by atoms with van der Waals surface area (Å²) in [7, 11) is 4.12. The first-order chi connectivity index (χ1) is 6.81. The van der Waals surface area contributed by atoms with E-state index in [2.05, 4.69) is 27.6 Å². The molecule has 0 aromatic rings. The first kappa shape index (κ1) is 13.5. The van der Waals surface area contributed by atoms with Gasteiger partial charge in [-0.15, -0.1) is 0 Å². The van der Waals surface area contributed by atoms with E-state index < -0.39 is 0 Å². The molecule has 0 saturated carbocycles. The van der Waals surface area contributed by atoms with E-state index in [0.29, 0.717) is 0 Å². The molecule has 0 spiro atoms. The standard InChI is InChI=1S/C10H24N4/c1-4-12-5-6-13-8-10-14(3)9-7-11-2/h4,11,13H,5-10H2,1-3H3. The van der Waals surface area contributed by atoms with Gasteiger partial charge in [-0.25, -0.2) is 0 Å². The summed E-state index contributed by atoms with van der Waals surface area (Å²) < 4.78 is 0. The van der Waals surface area contributed by atoms with Crippen molar-refractivity contribution in [2.45, 2.75) is 6.92 Å². The van der Waals surface area contributed by atoms with Crippen molar-refractivity contribution in [3.8, 4) is 0 Å². The molecule has 14 heavy (non-hydrogen) atoms. The van der Waals surface area contributed by atoms with Gasteiger partial charge in [0.05, 0.1) is 6.54 Å². The average Bonchev–Trinajstić information content (AvgIpc) is 2.20. The third kappa shape index (κ3) is 9.64. The Balaban J connectivity index is 3.10. The van der Waals surface area contributed by atoms with Crippen LogP contribution < -0.4 is 10.6 Å². The normalized spacial score (nSPS) is 11.7. The molecule has 2 N–H and O–H groups in total. The van der Waals surface area contributed by atoms with Crippen LogP contribution in [-0.2, 0) is 0 Å². The summed E-state index contributed by atoms with van der Waals surface area (Å²) in [6, 6.07) is 0. The number of rotatable bonds is 9. The van der Waals surface area contributed by atoms with Gasteiger partial charge in [-0.1, -0.05) is 0 Å². The highest BCUT2D eigenvalue weighted by Gasteiger charge is 1.95. The van der Waals surface area contributed by atoms with Gasteiger partial charge in [0.25, 0.3) is 0 Å². The zero-order valence-corrected chi connectivity index (χ0v) is 9.71. The number of nitrogens with one attached hydrogen (secondary N) is 2. The molecule has 0 saturated heterocycles. The maximum absolute atomic E-state index is 4.13. The Morgan fingerprint density at radius 2 is 1.93 bits per heavy atom. The zero-order valence-electron chi connectivity index (χ0n) is 9.71. The van der Waals surface area contributed by atoms with Crippen LogP contribution in [0.5, 0.6) is 0 Å². The fourth-order valence-electron chi connectivity index (χ4n) is 1.08. The molecular formula is C10H24N4. The van der Waals surface area contributed by atoms with Crippen molar-refractivity contribution in [1.82, 2.24) is 15.5 Å². The van der Waals surface area contributed by atoms with Crippen molar-refractivity contribution in [2.75, 3.05) is 53.4 Å². The lowest BCUT2D eigenvalue weighted by Crippen LogP contribution is -2.34. The summed E-state index contributed by atoms with van der Waals surface area (Å²) in [5.41, 5.74) is 0. The Hall–Kier alpha value is -0.450. The van der Waals surface area contributed by atoms with E-state index in [1.807, 2.05) is 20.2 Å². The molecule has 0 atom stereocenters. The molecule has 4 nitrogen and oxygen atoms in total. The Labute approximate surface area is 87.8 Å². The molecule has 0 amide bonds. The number of likely N-dealkylation sites (N-methyl/N-ethyl adjacent to an activating group) is 2. The summed E-state index contributed by atoms with van der Waals surface area (Å²) in [5, 5.41) is 6.49. The molecule has 0 aromatic heterocycles. The van der Waals surface area contributed by atoms with Gasteiger partial charge in [0.15, 0.2) is 0 Å². The molecule has 4 heteroatoms. The van der Waals surface area contributed by atoms with Gasteiger partial charge in [0.2, 0.25) is 0 Å². The van der Waals surface area contributed by atoms with Crippen LogP contribution in [0, 0.1) is 0 Å². The number of nitrogens with zero attached hydrogens (tertiary/aromatic N) is 2. The van der Waals surface area contributed by atoms with E-state index in [-0.39, 0.29) is 0 Å². The molecule has 0 aliphatic carbocycles. The number of hydrogen-bond acceptors (Lipinski definition) is 4. The topological polar surface area (TPSA) is 39.7 Å². The predicted octanol–water partition coefficient (Wildman–Crippen LogP) is -0.182. The average molecular weight is 200 g/mol. The van der Waals surface area contributed by atoms with E-state index in [1.54, 1.807) is 0 Å². The van der Waals surface area contributed by atoms with Crippen LogP contribution in [0.25, 0.3) is 0 Å². The van der Waals surface area contributed by atoms with Crippen LogP contribution in [0.3, 0.4) is 0 Å². The van der Waals surface area contributed by atoms with Crippen LogP contribution in [0.2, 0.25) is 0 Å². The molecule has 0 fully saturated rings. The number of hydrogen-bond donors (Lipinski definition) is 2. The SMILES string of the molecule is CC=NCCNCCN(C)CCNC. The third-order valence-corrected chi connectivity index (χ3v) is 2.01. The van der Waals surface area contributed by atoms with Crippen LogP contribution >= 0.6 is 0 Å². The van der Waals surface area contributed by atoms with E-state index in [4.69, 9.17) is 0 Å². The molecular weight excluding hydrogens is 176 g/mol. The first-order valence-electron chi connectivity index (χ1n) is 5.29. The maximum Gasteiger partial charge on any atom is 0.0510 e. The van der Waals surface area contributed by atoms with E-state index in [9.17, 15) is 0 Å². The van der Waals surface area contributed by atoms with Crippen LogP contribution in [0.4, 0.5) is 0 Å². The minimum atomic E-state index is 0.886. The Bertz CT molecular complexity index is 136. The molecule has 84 valence electrons. The van der Waals surface area contributed by atoms with E-state index >= 15 is 0 Å². The summed E-state index contributed by atoms with van der Waals surface area (Å²) in [5.74, 6) is 0. The lowest BCUT2D eigenvalue weighted by molar-refractivity contribution is 0.333. The predicted molar refractivity (Wildman–Crippen MR) is 63.3 cm³/mol. The zero-order chi connectivity index (χ0) is 10.6. The van der Waals surface area contributed by atoms with Crippen LogP contribution in [-0.4, -0.2) is 64.5 Å². The smallest absolute Gasteiger partial charge is 0.0510 e. The van der Waals surface area contributed by atoms with Gasteiger partial charge >= 0.3 is 0 Å². The second-order valence-corrected chi connectivity index (χ2v) is 3.32. The Morgan fingerprint density at radius 1 is 1.21 bits per heavy atom. The lowest BCUT2D eigenvalue weighted by Gasteiger charge is -2.16. The Kier molecular flexibility index (Phi) is 10.3. The van der Waals surface area contributed by atoms with E-state index in [1.165, 1.54) is 0 Å². The van der Waals surface area contributed by atoms with E-state index in [0.717, 1.165) is 39.3 Å². The fraction of sp³-hybridized carbons (Fsp3) is 0.900. The second-order valence-electron chi connectivity index (χ2n) is 3.32. The highest BCUT2D eigenvalue weighted by atomic mass is 15.1. The van der Waals surface area contributed by atoms with Gasteiger partial charge < -0.3 is 15.5 Å². The second kappa shape index (κ2) is 10.6. The maximum atomic E-state index is 4.13. The minimum absolute atomic E-state index is 0.886. The van der Waals surface area contributed by atoms with Gasteiger partial charge in [-0.2, -0.15) is 0 Å². The summed E-state index contributed by atoms with van der Waals surface area (Å²) in [6.45, 7) is 8.10. The van der Waals surface area contributed by atoms with Gasteiger partial charge in [0, 0.05) is 32.7 Å². The van der Waals surface area contributed by atoms with Crippen LogP contribution in [0.15, 0.2) is 4.99 Å². The molecule has 0 rings (SSSR count). The summed E-state index contributed by atoms with van der Waals surface area (Å²) >= 11 is 0. The van der Waals surface area contributed by atoms with Crippen molar-refractivity contribution < 1.29 is 0 Å². The van der Waals surface area contributed by atoms with Crippen molar-refractivity contribution in [1.29, 1.82) is 0 Å². The molecule has 0 unspecified atom stereocenters. The van der Waals surface area contributed by atoms with Crippen molar-refractivity contribution in [3.05, 3.63) is 0 Å². The molecule has 0 heterocycles. The third-order valence-electron chi connectivity index (χ3n) is 2.01. The molecule has 0 radical (unpaired) electrons. The highest BCUT2D eigenvalue weighted by molar-refractivity contribution is 5.53.